The van der Waals surface area contributed by atoms with Gasteiger partial charge in [0.25, 0.3) is 0 Å². The molecule has 0 radical (unpaired) electrons. The molecule has 1 fully saturated rings. The maximum Gasteiger partial charge on any atom is 0.223 e. The van der Waals surface area contributed by atoms with E-state index >= 15 is 0 Å². The molecule has 110 valence electrons. The van der Waals surface area contributed by atoms with E-state index in [1.807, 2.05) is 13.0 Å². The lowest BCUT2D eigenvalue weighted by Gasteiger charge is -2.09. The Morgan fingerprint density at radius 3 is 2.86 bits per heavy atom. The van der Waals surface area contributed by atoms with Crippen LogP contribution in [0.1, 0.15) is 24.7 Å². The zero-order valence-corrected chi connectivity index (χ0v) is 12.1. The summed E-state index contributed by atoms with van der Waals surface area (Å²) in [7, 11) is 0. The van der Waals surface area contributed by atoms with Crippen molar-refractivity contribution in [2.75, 3.05) is 0 Å². The maximum atomic E-state index is 14.2. The van der Waals surface area contributed by atoms with Gasteiger partial charge in [0, 0.05) is 24.9 Å². The van der Waals surface area contributed by atoms with Crippen molar-refractivity contribution in [3.63, 3.8) is 0 Å². The first-order valence-corrected chi connectivity index (χ1v) is 7.12. The first kappa shape index (κ1) is 13.8. The molecule has 0 unspecified atom stereocenters. The number of hydrogen-bond acceptors (Lipinski definition) is 2. The number of nitrogens with zero attached hydrogens (tertiary/aromatic N) is 2. The first-order chi connectivity index (χ1) is 10.1. The minimum atomic E-state index is -0.317. The third kappa shape index (κ3) is 2.82. The SMILES string of the molecule is Cc1nccn1-c1ccc(CNC(=O)[C@H]2C[C@@H]2C)cc1F. The minimum absolute atomic E-state index is 0.0671. The third-order valence-electron chi connectivity index (χ3n) is 4.01. The summed E-state index contributed by atoms with van der Waals surface area (Å²) in [5, 5.41) is 2.86. The van der Waals surface area contributed by atoms with Crippen molar-refractivity contribution in [3.8, 4) is 5.69 Å². The number of rotatable bonds is 4. The summed E-state index contributed by atoms with van der Waals surface area (Å²) >= 11 is 0. The van der Waals surface area contributed by atoms with E-state index in [0.717, 1.165) is 17.8 Å². The van der Waals surface area contributed by atoms with E-state index in [-0.39, 0.29) is 17.6 Å². The van der Waals surface area contributed by atoms with Gasteiger partial charge < -0.3 is 9.88 Å². The summed E-state index contributed by atoms with van der Waals surface area (Å²) in [5.41, 5.74) is 1.23. The molecule has 0 saturated heterocycles. The van der Waals surface area contributed by atoms with Gasteiger partial charge >= 0.3 is 0 Å². The number of hydrogen-bond donors (Lipinski definition) is 1. The van der Waals surface area contributed by atoms with Gasteiger partial charge in [-0.15, -0.1) is 0 Å². The van der Waals surface area contributed by atoms with Crippen LogP contribution in [-0.2, 0) is 11.3 Å². The third-order valence-corrected chi connectivity index (χ3v) is 4.01. The van der Waals surface area contributed by atoms with Gasteiger partial charge in [-0.2, -0.15) is 0 Å². The zero-order chi connectivity index (χ0) is 15.0. The second-order valence-corrected chi connectivity index (χ2v) is 5.67. The Bertz CT molecular complexity index is 680. The highest BCUT2D eigenvalue weighted by atomic mass is 19.1. The summed E-state index contributed by atoms with van der Waals surface area (Å²) in [6, 6.07) is 5.01. The summed E-state index contributed by atoms with van der Waals surface area (Å²) in [6.45, 7) is 4.25. The van der Waals surface area contributed by atoms with Gasteiger partial charge in [0.1, 0.15) is 11.6 Å². The van der Waals surface area contributed by atoms with Gasteiger partial charge in [0.05, 0.1) is 5.69 Å². The van der Waals surface area contributed by atoms with E-state index in [4.69, 9.17) is 0 Å². The standard InChI is InChI=1S/C16H18FN3O/c1-10-7-13(10)16(21)19-9-12-3-4-15(14(17)8-12)20-6-5-18-11(20)2/h3-6,8,10,13H,7,9H2,1-2H3,(H,19,21)/t10-,13-/m0/s1. The van der Waals surface area contributed by atoms with E-state index in [1.54, 1.807) is 23.0 Å². The van der Waals surface area contributed by atoms with Crippen LogP contribution in [0.3, 0.4) is 0 Å². The van der Waals surface area contributed by atoms with Crippen molar-refractivity contribution in [2.24, 2.45) is 11.8 Å². The van der Waals surface area contributed by atoms with E-state index in [2.05, 4.69) is 17.2 Å². The highest BCUT2D eigenvalue weighted by Crippen LogP contribution is 2.37. The Balaban J connectivity index is 1.70. The molecule has 0 bridgehead atoms. The van der Waals surface area contributed by atoms with Gasteiger partial charge in [-0.05, 0) is 37.0 Å². The topological polar surface area (TPSA) is 46.9 Å². The van der Waals surface area contributed by atoms with Crippen LogP contribution >= 0.6 is 0 Å². The summed E-state index contributed by atoms with van der Waals surface area (Å²) < 4.78 is 15.9. The molecule has 1 aliphatic rings. The number of nitrogens with one attached hydrogen (secondary N) is 1. The summed E-state index contributed by atoms with van der Waals surface area (Å²) in [4.78, 5) is 15.8. The Kier molecular flexibility index (Phi) is 3.49. The smallest absolute Gasteiger partial charge is 0.223 e. The fourth-order valence-electron chi connectivity index (χ4n) is 2.50. The Morgan fingerprint density at radius 1 is 1.52 bits per heavy atom. The number of halogens is 1. The molecule has 4 nitrogen and oxygen atoms in total. The predicted octanol–water partition coefficient (Wildman–Crippen LogP) is 2.59. The van der Waals surface area contributed by atoms with E-state index in [9.17, 15) is 9.18 Å². The minimum Gasteiger partial charge on any atom is -0.352 e. The molecule has 2 aromatic rings. The molecule has 1 saturated carbocycles. The second-order valence-electron chi connectivity index (χ2n) is 5.67. The van der Waals surface area contributed by atoms with Crippen molar-refractivity contribution in [1.82, 2.24) is 14.9 Å². The fourth-order valence-corrected chi connectivity index (χ4v) is 2.50. The lowest BCUT2D eigenvalue weighted by atomic mass is 10.2. The van der Waals surface area contributed by atoms with Crippen molar-refractivity contribution in [1.29, 1.82) is 0 Å². The number of imidazole rings is 1. The van der Waals surface area contributed by atoms with Crippen molar-refractivity contribution >= 4 is 5.91 Å². The van der Waals surface area contributed by atoms with Crippen LogP contribution in [0, 0.1) is 24.6 Å². The number of amides is 1. The van der Waals surface area contributed by atoms with Crippen LogP contribution in [0.5, 0.6) is 0 Å². The van der Waals surface area contributed by atoms with Crippen LogP contribution in [-0.4, -0.2) is 15.5 Å². The Labute approximate surface area is 123 Å². The Hall–Kier alpha value is -2.17. The first-order valence-electron chi connectivity index (χ1n) is 7.12. The molecular weight excluding hydrogens is 269 g/mol. The van der Waals surface area contributed by atoms with E-state index in [0.29, 0.717) is 18.2 Å². The summed E-state index contributed by atoms with van der Waals surface area (Å²) in [5.74, 6) is 1.11. The molecule has 1 heterocycles. The fraction of sp³-hybridized carbons (Fsp3) is 0.375. The highest BCUT2D eigenvalue weighted by molar-refractivity contribution is 5.81. The largest absolute Gasteiger partial charge is 0.352 e. The van der Waals surface area contributed by atoms with Crippen molar-refractivity contribution < 1.29 is 9.18 Å². The molecule has 1 N–H and O–H groups in total. The molecule has 5 heteroatoms. The average molecular weight is 287 g/mol. The second kappa shape index (κ2) is 5.31. The van der Waals surface area contributed by atoms with Crippen LogP contribution in [0.4, 0.5) is 4.39 Å². The molecule has 1 aliphatic carbocycles. The van der Waals surface area contributed by atoms with E-state index in [1.165, 1.54) is 6.07 Å². The highest BCUT2D eigenvalue weighted by Gasteiger charge is 2.38. The van der Waals surface area contributed by atoms with E-state index < -0.39 is 0 Å². The van der Waals surface area contributed by atoms with Crippen molar-refractivity contribution in [2.45, 2.75) is 26.8 Å². The van der Waals surface area contributed by atoms with Gasteiger partial charge in [-0.25, -0.2) is 9.37 Å². The maximum absolute atomic E-state index is 14.2. The number of carbonyl (C=O) groups excluding carboxylic acids is 1. The zero-order valence-electron chi connectivity index (χ0n) is 12.1. The average Bonchev–Trinajstić information content (AvgIpc) is 3.04. The molecule has 1 aromatic carbocycles. The van der Waals surface area contributed by atoms with Crippen LogP contribution in [0.25, 0.3) is 5.69 Å². The molecule has 21 heavy (non-hydrogen) atoms. The molecule has 1 aromatic heterocycles. The quantitative estimate of drug-likeness (QED) is 0.939. The molecule has 0 spiro atoms. The normalized spacial score (nSPS) is 20.3. The van der Waals surface area contributed by atoms with Gasteiger partial charge in [0.15, 0.2) is 0 Å². The van der Waals surface area contributed by atoms with Gasteiger partial charge in [-0.3, -0.25) is 4.79 Å². The molecule has 3 rings (SSSR count). The molecule has 2 atom stereocenters. The lowest BCUT2D eigenvalue weighted by molar-refractivity contribution is -0.122. The van der Waals surface area contributed by atoms with Crippen LogP contribution in [0.15, 0.2) is 30.6 Å². The van der Waals surface area contributed by atoms with Crippen molar-refractivity contribution in [3.05, 3.63) is 47.8 Å². The van der Waals surface area contributed by atoms with Crippen LogP contribution in [0.2, 0.25) is 0 Å². The molecule has 0 aliphatic heterocycles. The monoisotopic (exact) mass is 287 g/mol. The van der Waals surface area contributed by atoms with Gasteiger partial charge in [-0.1, -0.05) is 13.0 Å². The Morgan fingerprint density at radius 2 is 2.29 bits per heavy atom. The number of aromatic nitrogens is 2. The summed E-state index contributed by atoms with van der Waals surface area (Å²) in [6.07, 6.45) is 4.32. The number of carbonyl (C=O) groups is 1. The lowest BCUT2D eigenvalue weighted by Crippen LogP contribution is -2.24. The number of aryl methyl sites for hydroxylation is 1. The predicted molar refractivity (Wildman–Crippen MR) is 77.4 cm³/mol. The van der Waals surface area contributed by atoms with Crippen LogP contribution < -0.4 is 5.32 Å². The molecule has 1 amide bonds. The van der Waals surface area contributed by atoms with Gasteiger partial charge in [0.2, 0.25) is 5.91 Å². The molecular formula is C16H18FN3O. The number of benzene rings is 1.